The van der Waals surface area contributed by atoms with Gasteiger partial charge in [-0.15, -0.1) is 0 Å². The molecule has 0 saturated carbocycles. The fourth-order valence-electron chi connectivity index (χ4n) is 1.12. The highest BCUT2D eigenvalue weighted by Gasteiger charge is 2.06. The van der Waals surface area contributed by atoms with Gasteiger partial charge in [-0.3, -0.25) is 4.99 Å². The molecule has 5 heteroatoms. The lowest BCUT2D eigenvalue weighted by Gasteiger charge is -2.08. The van der Waals surface area contributed by atoms with Crippen LogP contribution in [0.4, 0.5) is 0 Å². The lowest BCUT2D eigenvalue weighted by atomic mass is 10.1. The number of nitrogens with two attached hydrogens (primary N) is 2. The molecule has 0 fully saturated rings. The third-order valence-corrected chi connectivity index (χ3v) is 1.95. The highest BCUT2D eigenvalue weighted by molar-refractivity contribution is 5.75. The van der Waals surface area contributed by atoms with Gasteiger partial charge in [0.15, 0.2) is 5.96 Å². The van der Waals surface area contributed by atoms with Crippen molar-refractivity contribution < 1.29 is 9.84 Å². The number of benzene rings is 1. The summed E-state index contributed by atoms with van der Waals surface area (Å²) in [6.07, 6.45) is -0.696. The molecular formula is C10H15N3O2. The molecule has 0 saturated heterocycles. The number of aliphatic hydroxyl groups excluding tert-OH is 1. The standard InChI is InChI=1S/C10H15N3O2/c1-15-8-4-2-7(3-5-8)9(14)6-13-10(11)12/h2-5,9,14H,6H2,1H3,(H4,11,12,13). The summed E-state index contributed by atoms with van der Waals surface area (Å²) < 4.78 is 5.00. The minimum absolute atomic E-state index is 0.0254. The monoisotopic (exact) mass is 209 g/mol. The van der Waals surface area contributed by atoms with Gasteiger partial charge in [0.1, 0.15) is 5.75 Å². The fraction of sp³-hybridized carbons (Fsp3) is 0.300. The summed E-state index contributed by atoms with van der Waals surface area (Å²) in [4.78, 5) is 3.73. The second-order valence-corrected chi connectivity index (χ2v) is 3.05. The molecule has 0 amide bonds. The van der Waals surface area contributed by atoms with Crippen molar-refractivity contribution in [2.24, 2.45) is 16.5 Å². The van der Waals surface area contributed by atoms with Crippen LogP contribution in [0.3, 0.4) is 0 Å². The van der Waals surface area contributed by atoms with Crippen LogP contribution >= 0.6 is 0 Å². The first-order chi connectivity index (χ1) is 7.13. The molecule has 0 bridgehead atoms. The lowest BCUT2D eigenvalue weighted by Crippen LogP contribution is -2.23. The zero-order chi connectivity index (χ0) is 11.3. The summed E-state index contributed by atoms with van der Waals surface area (Å²) >= 11 is 0. The third-order valence-electron chi connectivity index (χ3n) is 1.95. The van der Waals surface area contributed by atoms with Crippen LogP contribution in [0.2, 0.25) is 0 Å². The Balaban J connectivity index is 2.65. The van der Waals surface area contributed by atoms with Crippen LogP contribution in [-0.2, 0) is 0 Å². The molecule has 0 heterocycles. The zero-order valence-electron chi connectivity index (χ0n) is 8.55. The number of methoxy groups -OCH3 is 1. The second kappa shape index (κ2) is 5.21. The molecule has 1 aromatic rings. The summed E-state index contributed by atoms with van der Waals surface area (Å²) in [6.45, 7) is 0.161. The Kier molecular flexibility index (Phi) is 3.93. The number of aliphatic imine (C=N–C) groups is 1. The Bertz CT molecular complexity index is 331. The fourth-order valence-corrected chi connectivity index (χ4v) is 1.12. The molecule has 1 aromatic carbocycles. The highest BCUT2D eigenvalue weighted by atomic mass is 16.5. The summed E-state index contributed by atoms with van der Waals surface area (Å²) in [6, 6.07) is 7.08. The maximum Gasteiger partial charge on any atom is 0.186 e. The number of rotatable bonds is 4. The molecule has 0 radical (unpaired) electrons. The Labute approximate surface area is 88.4 Å². The predicted octanol–water partition coefficient (Wildman–Crippen LogP) is 0.00200. The summed E-state index contributed by atoms with van der Waals surface area (Å²) in [7, 11) is 1.59. The van der Waals surface area contributed by atoms with E-state index in [0.29, 0.717) is 0 Å². The van der Waals surface area contributed by atoms with Crippen LogP contribution in [0.5, 0.6) is 5.75 Å². The van der Waals surface area contributed by atoms with Crippen molar-refractivity contribution in [3.63, 3.8) is 0 Å². The van der Waals surface area contributed by atoms with Crippen molar-refractivity contribution in [2.45, 2.75) is 6.10 Å². The maximum atomic E-state index is 9.67. The Morgan fingerprint density at radius 3 is 2.47 bits per heavy atom. The van der Waals surface area contributed by atoms with Gasteiger partial charge in [0, 0.05) is 0 Å². The molecular weight excluding hydrogens is 194 g/mol. The minimum Gasteiger partial charge on any atom is -0.497 e. The first-order valence-electron chi connectivity index (χ1n) is 4.51. The van der Waals surface area contributed by atoms with Crippen LogP contribution in [0.1, 0.15) is 11.7 Å². The van der Waals surface area contributed by atoms with Crippen molar-refractivity contribution in [1.82, 2.24) is 0 Å². The second-order valence-electron chi connectivity index (χ2n) is 3.05. The number of nitrogens with zero attached hydrogens (tertiary/aromatic N) is 1. The highest BCUT2D eigenvalue weighted by Crippen LogP contribution is 2.17. The van der Waals surface area contributed by atoms with Gasteiger partial charge in [-0.1, -0.05) is 12.1 Å². The number of hydrogen-bond donors (Lipinski definition) is 3. The van der Waals surface area contributed by atoms with Gasteiger partial charge in [-0.25, -0.2) is 0 Å². The van der Waals surface area contributed by atoms with E-state index in [9.17, 15) is 5.11 Å². The number of hydrogen-bond acceptors (Lipinski definition) is 3. The summed E-state index contributed by atoms with van der Waals surface area (Å²) in [5, 5.41) is 9.67. The minimum atomic E-state index is -0.696. The molecule has 15 heavy (non-hydrogen) atoms. The molecule has 1 rings (SSSR count). The smallest absolute Gasteiger partial charge is 0.186 e. The van der Waals surface area contributed by atoms with Crippen LogP contribution < -0.4 is 16.2 Å². The quantitative estimate of drug-likeness (QED) is 0.480. The summed E-state index contributed by atoms with van der Waals surface area (Å²) in [5.41, 5.74) is 11.1. The molecule has 0 aromatic heterocycles. The Hall–Kier alpha value is -1.75. The molecule has 0 spiro atoms. The molecule has 82 valence electrons. The van der Waals surface area contributed by atoms with Gasteiger partial charge in [-0.2, -0.15) is 0 Å². The average molecular weight is 209 g/mol. The SMILES string of the molecule is COc1ccc(C(O)CN=C(N)N)cc1. The third kappa shape index (κ3) is 3.47. The van der Waals surface area contributed by atoms with E-state index >= 15 is 0 Å². The van der Waals surface area contributed by atoms with Crippen molar-refractivity contribution in [2.75, 3.05) is 13.7 Å². The van der Waals surface area contributed by atoms with Gasteiger partial charge in [-0.05, 0) is 17.7 Å². The Morgan fingerprint density at radius 1 is 1.40 bits per heavy atom. The maximum absolute atomic E-state index is 9.67. The van der Waals surface area contributed by atoms with Gasteiger partial charge in [0.25, 0.3) is 0 Å². The van der Waals surface area contributed by atoms with Gasteiger partial charge >= 0.3 is 0 Å². The van der Waals surface area contributed by atoms with Gasteiger partial charge < -0.3 is 21.3 Å². The zero-order valence-corrected chi connectivity index (χ0v) is 8.55. The molecule has 0 aliphatic rings. The van der Waals surface area contributed by atoms with E-state index in [2.05, 4.69) is 4.99 Å². The van der Waals surface area contributed by atoms with E-state index < -0.39 is 6.10 Å². The largest absolute Gasteiger partial charge is 0.497 e. The van der Waals surface area contributed by atoms with Crippen molar-refractivity contribution in [3.05, 3.63) is 29.8 Å². The van der Waals surface area contributed by atoms with E-state index in [-0.39, 0.29) is 12.5 Å². The molecule has 0 aliphatic carbocycles. The van der Waals surface area contributed by atoms with Gasteiger partial charge in [0.2, 0.25) is 0 Å². The molecule has 5 N–H and O–H groups in total. The lowest BCUT2D eigenvalue weighted by molar-refractivity contribution is 0.187. The number of guanidine groups is 1. The predicted molar refractivity (Wildman–Crippen MR) is 58.6 cm³/mol. The van der Waals surface area contributed by atoms with Crippen molar-refractivity contribution in [3.8, 4) is 5.75 Å². The first kappa shape index (κ1) is 11.3. The van der Waals surface area contributed by atoms with E-state index in [1.165, 1.54) is 0 Å². The topological polar surface area (TPSA) is 93.9 Å². The van der Waals surface area contributed by atoms with Crippen LogP contribution in [-0.4, -0.2) is 24.7 Å². The first-order valence-corrected chi connectivity index (χ1v) is 4.51. The van der Waals surface area contributed by atoms with E-state index in [1.54, 1.807) is 31.4 Å². The molecule has 1 unspecified atom stereocenters. The van der Waals surface area contributed by atoms with Crippen molar-refractivity contribution >= 4 is 5.96 Å². The molecule has 0 aliphatic heterocycles. The van der Waals surface area contributed by atoms with Crippen LogP contribution in [0.25, 0.3) is 0 Å². The molecule has 5 nitrogen and oxygen atoms in total. The van der Waals surface area contributed by atoms with Crippen LogP contribution in [0, 0.1) is 0 Å². The Morgan fingerprint density at radius 2 is 2.00 bits per heavy atom. The summed E-state index contributed by atoms with van der Waals surface area (Å²) in [5.74, 6) is 0.718. The van der Waals surface area contributed by atoms with Crippen LogP contribution in [0.15, 0.2) is 29.3 Å². The average Bonchev–Trinajstić information content (AvgIpc) is 2.26. The van der Waals surface area contributed by atoms with Gasteiger partial charge in [0.05, 0.1) is 19.8 Å². The number of ether oxygens (including phenoxy) is 1. The van der Waals surface area contributed by atoms with Crippen molar-refractivity contribution in [1.29, 1.82) is 0 Å². The van der Waals surface area contributed by atoms with E-state index in [4.69, 9.17) is 16.2 Å². The van der Waals surface area contributed by atoms with E-state index in [0.717, 1.165) is 11.3 Å². The molecule has 1 atom stereocenters. The normalized spacial score (nSPS) is 11.9. The number of aliphatic hydroxyl groups is 1. The van der Waals surface area contributed by atoms with E-state index in [1.807, 2.05) is 0 Å².